The molecule has 1 aliphatic rings. The number of para-hydroxylation sites is 2. The van der Waals surface area contributed by atoms with Gasteiger partial charge in [0.15, 0.2) is 5.82 Å². The molecule has 9 aromatic carbocycles. The number of aromatic nitrogens is 3. The van der Waals surface area contributed by atoms with Crippen LogP contribution in [0.2, 0.25) is 0 Å². The van der Waals surface area contributed by atoms with Crippen molar-refractivity contribution in [2.75, 3.05) is 0 Å². The largest absolute Gasteiger partial charge is 0.309 e. The molecule has 0 radical (unpaired) electrons. The van der Waals surface area contributed by atoms with Crippen LogP contribution in [0.25, 0.3) is 106 Å². The van der Waals surface area contributed by atoms with Crippen molar-refractivity contribution < 1.29 is 0 Å². The molecule has 0 aliphatic heterocycles. The van der Waals surface area contributed by atoms with Gasteiger partial charge in [-0.2, -0.15) is 0 Å². The number of benzene rings is 9. The molecule has 0 saturated carbocycles. The summed E-state index contributed by atoms with van der Waals surface area (Å²) >= 11 is 0. The smallest absolute Gasteiger partial charge is 0.160 e. The lowest BCUT2D eigenvalue weighted by molar-refractivity contribution is 0.660. The summed E-state index contributed by atoms with van der Waals surface area (Å²) in [7, 11) is 0. The molecule has 302 valence electrons. The fourth-order valence-corrected chi connectivity index (χ4v) is 10.0. The van der Waals surface area contributed by atoms with Crippen LogP contribution < -0.4 is 0 Å². The van der Waals surface area contributed by atoms with E-state index in [-0.39, 0.29) is 5.41 Å². The van der Waals surface area contributed by atoms with Crippen molar-refractivity contribution in [3.8, 4) is 84.1 Å². The minimum Gasteiger partial charge on any atom is -0.309 e. The molecule has 64 heavy (non-hydrogen) atoms. The van der Waals surface area contributed by atoms with Gasteiger partial charge >= 0.3 is 0 Å². The van der Waals surface area contributed by atoms with E-state index in [1.54, 1.807) is 0 Å². The lowest BCUT2D eigenvalue weighted by atomic mass is 9.81. The third-order valence-corrected chi connectivity index (χ3v) is 13.2. The van der Waals surface area contributed by atoms with Gasteiger partial charge in [-0.1, -0.05) is 202 Å². The van der Waals surface area contributed by atoms with E-state index in [0.29, 0.717) is 5.82 Å². The fourth-order valence-electron chi connectivity index (χ4n) is 10.0. The summed E-state index contributed by atoms with van der Waals surface area (Å²) in [6.07, 6.45) is 0. The van der Waals surface area contributed by atoms with E-state index in [9.17, 15) is 0 Å². The first-order valence-corrected chi connectivity index (χ1v) is 22.1. The Morgan fingerprint density at radius 1 is 0.344 bits per heavy atom. The Kier molecular flexibility index (Phi) is 8.84. The van der Waals surface area contributed by atoms with E-state index in [1.807, 2.05) is 12.1 Å². The molecule has 0 amide bonds. The molecule has 2 heterocycles. The van der Waals surface area contributed by atoms with Crippen molar-refractivity contribution in [2.45, 2.75) is 19.3 Å². The zero-order valence-corrected chi connectivity index (χ0v) is 35.7. The predicted octanol–water partition coefficient (Wildman–Crippen LogP) is 15.9. The normalized spacial score (nSPS) is 12.7. The summed E-state index contributed by atoms with van der Waals surface area (Å²) in [6.45, 7) is 4.69. The van der Waals surface area contributed by atoms with Gasteiger partial charge in [-0.05, 0) is 86.5 Å². The first kappa shape index (κ1) is 37.6. The van der Waals surface area contributed by atoms with Gasteiger partial charge in [0, 0.05) is 44.1 Å². The Bertz CT molecular complexity index is 3490. The van der Waals surface area contributed by atoms with Crippen LogP contribution in [0.1, 0.15) is 25.0 Å². The second-order valence-corrected chi connectivity index (χ2v) is 17.4. The van der Waals surface area contributed by atoms with Crippen LogP contribution in [0.4, 0.5) is 0 Å². The van der Waals surface area contributed by atoms with Crippen molar-refractivity contribution >= 4 is 21.8 Å². The number of hydrogen-bond acceptors (Lipinski definition) is 2. The first-order chi connectivity index (χ1) is 31.5. The monoisotopic (exact) mass is 817 g/mol. The van der Waals surface area contributed by atoms with Crippen molar-refractivity contribution in [1.82, 2.24) is 14.5 Å². The maximum atomic E-state index is 5.30. The van der Waals surface area contributed by atoms with Crippen LogP contribution in [-0.2, 0) is 5.41 Å². The van der Waals surface area contributed by atoms with Gasteiger partial charge in [0.05, 0.1) is 22.4 Å². The summed E-state index contributed by atoms with van der Waals surface area (Å²) in [5, 5.41) is 2.41. The van der Waals surface area contributed by atoms with Gasteiger partial charge in [-0.15, -0.1) is 0 Å². The summed E-state index contributed by atoms with van der Waals surface area (Å²) in [4.78, 5) is 10.6. The van der Waals surface area contributed by atoms with E-state index in [2.05, 4.69) is 231 Å². The van der Waals surface area contributed by atoms with Gasteiger partial charge < -0.3 is 4.57 Å². The fraction of sp³-hybridized carbons (Fsp3) is 0.0492. The van der Waals surface area contributed by atoms with E-state index < -0.39 is 0 Å². The third kappa shape index (κ3) is 6.28. The molecule has 0 unspecified atom stereocenters. The molecule has 3 nitrogen and oxygen atoms in total. The molecule has 0 atom stereocenters. The summed E-state index contributed by atoms with van der Waals surface area (Å²) in [6, 6.07) is 80.9. The topological polar surface area (TPSA) is 30.7 Å². The van der Waals surface area contributed by atoms with E-state index in [1.165, 1.54) is 49.7 Å². The average molecular weight is 818 g/mol. The number of rotatable bonds is 7. The van der Waals surface area contributed by atoms with Crippen molar-refractivity contribution in [3.63, 3.8) is 0 Å². The summed E-state index contributed by atoms with van der Waals surface area (Å²) < 4.78 is 2.45. The highest BCUT2D eigenvalue weighted by Gasteiger charge is 2.35. The molecule has 0 saturated heterocycles. The minimum absolute atomic E-state index is 0.0520. The molecule has 1 aliphatic carbocycles. The van der Waals surface area contributed by atoms with Crippen LogP contribution in [0.15, 0.2) is 224 Å². The van der Waals surface area contributed by atoms with E-state index in [0.717, 1.165) is 61.5 Å². The lowest BCUT2D eigenvalue weighted by Gasteiger charge is -2.22. The molecular weight excluding hydrogens is 775 g/mol. The van der Waals surface area contributed by atoms with Crippen molar-refractivity contribution in [1.29, 1.82) is 0 Å². The third-order valence-electron chi connectivity index (χ3n) is 13.2. The molecule has 0 spiro atoms. The SMILES string of the molecule is CC1(C)c2ccccc2-c2ccc(-c3ccc(-c4cccc5c6ccccc6n(-c6cc(-c7ccccc7)cc(-c7nc(-c8ccccc8)cc(-c8ccccc8)n7)c6)c45)cc3)cc21. The molecule has 0 bridgehead atoms. The lowest BCUT2D eigenvalue weighted by Crippen LogP contribution is -2.14. The number of nitrogens with zero attached hydrogens (tertiary/aromatic N) is 3. The van der Waals surface area contributed by atoms with Crippen molar-refractivity contribution in [3.05, 3.63) is 236 Å². The molecule has 2 aromatic heterocycles. The van der Waals surface area contributed by atoms with Crippen LogP contribution in [0.5, 0.6) is 0 Å². The zero-order valence-electron chi connectivity index (χ0n) is 35.7. The van der Waals surface area contributed by atoms with Crippen LogP contribution in [0, 0.1) is 0 Å². The highest BCUT2D eigenvalue weighted by Crippen LogP contribution is 2.50. The molecule has 12 rings (SSSR count). The molecular formula is C61H43N3. The van der Waals surface area contributed by atoms with Gasteiger partial charge in [0.25, 0.3) is 0 Å². The van der Waals surface area contributed by atoms with Gasteiger partial charge in [-0.3, -0.25) is 0 Å². The predicted molar refractivity (Wildman–Crippen MR) is 267 cm³/mol. The van der Waals surface area contributed by atoms with Gasteiger partial charge in [0.1, 0.15) is 0 Å². The second-order valence-electron chi connectivity index (χ2n) is 17.4. The maximum absolute atomic E-state index is 5.30. The van der Waals surface area contributed by atoms with Crippen molar-refractivity contribution in [2.24, 2.45) is 0 Å². The van der Waals surface area contributed by atoms with Crippen LogP contribution in [0.3, 0.4) is 0 Å². The summed E-state index contributed by atoms with van der Waals surface area (Å²) in [5.74, 6) is 0.676. The second kappa shape index (κ2) is 15.0. The number of hydrogen-bond donors (Lipinski definition) is 0. The first-order valence-electron chi connectivity index (χ1n) is 22.1. The van der Waals surface area contributed by atoms with Crippen LogP contribution in [-0.4, -0.2) is 14.5 Å². The standard InChI is InChI=1S/C61H43N3/c1-61(2)54-27-14-12-23-50(54)51-34-33-45(38-55(51)61)41-29-31-42(32-30-41)49-25-16-26-53-52-24-13-15-28-58(52)64(59(49)53)48-36-46(40-17-6-3-7-18-40)35-47(37-48)60-62-56(43-19-8-4-9-20-43)39-57(63-60)44-21-10-5-11-22-44/h3-39H,1-2H3. The van der Waals surface area contributed by atoms with E-state index in [4.69, 9.17) is 9.97 Å². The Hall–Kier alpha value is -8.14. The quantitative estimate of drug-likeness (QED) is 0.160. The molecule has 0 fully saturated rings. The highest BCUT2D eigenvalue weighted by atomic mass is 15.0. The summed E-state index contributed by atoms with van der Waals surface area (Å²) in [5.41, 5.74) is 20.6. The minimum atomic E-state index is -0.0520. The Morgan fingerprint density at radius 2 is 0.875 bits per heavy atom. The van der Waals surface area contributed by atoms with Gasteiger partial charge in [-0.25, -0.2) is 9.97 Å². The van der Waals surface area contributed by atoms with E-state index >= 15 is 0 Å². The zero-order chi connectivity index (χ0) is 42.8. The molecule has 3 heteroatoms. The average Bonchev–Trinajstić information content (AvgIpc) is 3.83. The molecule has 11 aromatic rings. The Labute approximate surface area is 373 Å². The maximum Gasteiger partial charge on any atom is 0.160 e. The Balaban J connectivity index is 1.04. The highest BCUT2D eigenvalue weighted by molar-refractivity contribution is 6.14. The van der Waals surface area contributed by atoms with Gasteiger partial charge in [0.2, 0.25) is 0 Å². The Morgan fingerprint density at radius 3 is 1.59 bits per heavy atom. The molecule has 0 N–H and O–H groups in total. The number of fused-ring (bicyclic) bond motifs is 6. The van der Waals surface area contributed by atoms with Crippen LogP contribution >= 0.6 is 0 Å².